The van der Waals surface area contributed by atoms with E-state index in [4.69, 9.17) is 4.74 Å². The van der Waals surface area contributed by atoms with E-state index in [0.717, 1.165) is 13.0 Å². The number of aromatic nitrogens is 1. The Balaban J connectivity index is 0.00000137. The highest BCUT2D eigenvalue weighted by molar-refractivity contribution is 5.93. The zero-order valence-corrected chi connectivity index (χ0v) is 11.8. The van der Waals surface area contributed by atoms with Crippen LogP contribution in [0.5, 0.6) is 5.75 Å². The highest BCUT2D eigenvalue weighted by atomic mass is 16.5. The number of ether oxygens (including phenoxy) is 1. The molecule has 0 unspecified atom stereocenters. The van der Waals surface area contributed by atoms with Crippen molar-refractivity contribution in [2.24, 2.45) is 0 Å². The van der Waals surface area contributed by atoms with Crippen molar-refractivity contribution in [3.05, 3.63) is 24.0 Å². The molecule has 0 radical (unpaired) electrons. The first-order valence-electron chi connectivity index (χ1n) is 6.54. The summed E-state index contributed by atoms with van der Waals surface area (Å²) in [6.45, 7) is 7.41. The second kappa shape index (κ2) is 10.7. The molecule has 102 valence electrons. The Hall–Kier alpha value is -1.42. The molecule has 1 aromatic rings. The molecule has 0 aliphatic heterocycles. The highest BCUT2D eigenvalue weighted by Gasteiger charge is 2.04. The first kappa shape index (κ1) is 16.6. The number of hydrogen-bond acceptors (Lipinski definition) is 4. The van der Waals surface area contributed by atoms with Gasteiger partial charge in [0.05, 0.1) is 12.8 Å². The van der Waals surface area contributed by atoms with Crippen LogP contribution in [-0.2, 0) is 0 Å². The summed E-state index contributed by atoms with van der Waals surface area (Å²) in [7, 11) is 1.91. The molecule has 0 saturated carbocycles. The van der Waals surface area contributed by atoms with E-state index in [9.17, 15) is 4.79 Å². The number of pyridine rings is 1. The van der Waals surface area contributed by atoms with Gasteiger partial charge in [-0.3, -0.25) is 4.79 Å². The van der Waals surface area contributed by atoms with Crippen LogP contribution in [0.1, 0.15) is 44.1 Å². The van der Waals surface area contributed by atoms with Crippen molar-refractivity contribution < 1.29 is 9.53 Å². The summed E-state index contributed by atoms with van der Waals surface area (Å²) in [4.78, 5) is 15.4. The van der Waals surface area contributed by atoms with Crippen LogP contribution < -0.4 is 10.1 Å². The van der Waals surface area contributed by atoms with Gasteiger partial charge in [-0.1, -0.05) is 20.8 Å². The minimum Gasteiger partial charge on any atom is -0.492 e. The fourth-order valence-corrected chi connectivity index (χ4v) is 1.25. The summed E-state index contributed by atoms with van der Waals surface area (Å²) < 4.78 is 5.46. The summed E-state index contributed by atoms with van der Waals surface area (Å²) in [5.41, 5.74) is 0.505. The number of Topliss-reactive ketones (excluding diaryl/α,β-unsaturated/α-hetero) is 1. The molecule has 0 aromatic carbocycles. The van der Waals surface area contributed by atoms with Crippen LogP contribution in [0.4, 0.5) is 0 Å². The van der Waals surface area contributed by atoms with Gasteiger partial charge in [0.2, 0.25) is 0 Å². The molecule has 0 bridgehead atoms. The molecule has 0 amide bonds. The Kier molecular flexibility index (Phi) is 9.87. The monoisotopic (exact) mass is 252 g/mol. The predicted octanol–water partition coefficient (Wildman–Crippen LogP) is 2.69. The molecule has 4 heteroatoms. The van der Waals surface area contributed by atoms with E-state index in [2.05, 4.69) is 10.3 Å². The van der Waals surface area contributed by atoms with Gasteiger partial charge in [-0.15, -0.1) is 0 Å². The zero-order chi connectivity index (χ0) is 13.8. The largest absolute Gasteiger partial charge is 0.492 e. The van der Waals surface area contributed by atoms with Crippen LogP contribution in [0.25, 0.3) is 0 Å². The van der Waals surface area contributed by atoms with Crippen molar-refractivity contribution in [2.75, 3.05) is 20.2 Å². The molecule has 1 heterocycles. The number of hydrogen-bond donors (Lipinski definition) is 1. The number of nitrogens with one attached hydrogen (secondary N) is 1. The fraction of sp³-hybridized carbons (Fsp3) is 0.571. The van der Waals surface area contributed by atoms with Crippen LogP contribution in [0, 0.1) is 0 Å². The van der Waals surface area contributed by atoms with Crippen LogP contribution in [0.15, 0.2) is 18.3 Å². The van der Waals surface area contributed by atoms with Gasteiger partial charge in [-0.2, -0.15) is 0 Å². The van der Waals surface area contributed by atoms with Crippen LogP contribution in [0.3, 0.4) is 0 Å². The second-order valence-corrected chi connectivity index (χ2v) is 3.46. The third-order valence-electron chi connectivity index (χ3n) is 2.18. The second-order valence-electron chi connectivity index (χ2n) is 3.46. The van der Waals surface area contributed by atoms with Gasteiger partial charge in [-0.05, 0) is 32.1 Å². The Morgan fingerprint density at radius 1 is 1.39 bits per heavy atom. The van der Waals surface area contributed by atoms with E-state index in [1.165, 1.54) is 0 Å². The first-order valence-corrected chi connectivity index (χ1v) is 6.54. The van der Waals surface area contributed by atoms with Gasteiger partial charge < -0.3 is 10.1 Å². The minimum absolute atomic E-state index is 0.0572. The molecule has 0 saturated heterocycles. The lowest BCUT2D eigenvalue weighted by atomic mass is 10.2. The van der Waals surface area contributed by atoms with E-state index < -0.39 is 0 Å². The number of rotatable bonds is 7. The predicted molar refractivity (Wildman–Crippen MR) is 74.2 cm³/mol. The van der Waals surface area contributed by atoms with Crippen molar-refractivity contribution in [2.45, 2.75) is 33.6 Å². The van der Waals surface area contributed by atoms with Crippen LogP contribution >= 0.6 is 0 Å². The molecule has 0 atom stereocenters. The summed E-state index contributed by atoms with van der Waals surface area (Å²) in [6, 6.07) is 3.49. The van der Waals surface area contributed by atoms with Gasteiger partial charge in [0.15, 0.2) is 5.78 Å². The average molecular weight is 252 g/mol. The fourth-order valence-electron chi connectivity index (χ4n) is 1.25. The van der Waals surface area contributed by atoms with Crippen molar-refractivity contribution in [3.8, 4) is 5.75 Å². The minimum atomic E-state index is 0.0572. The van der Waals surface area contributed by atoms with Crippen molar-refractivity contribution in [1.29, 1.82) is 0 Å². The summed E-state index contributed by atoms with van der Waals surface area (Å²) >= 11 is 0. The van der Waals surface area contributed by atoms with Gasteiger partial charge in [0, 0.05) is 6.42 Å². The number of nitrogens with zero attached hydrogens (tertiary/aromatic N) is 1. The molecule has 0 aliphatic carbocycles. The molecular weight excluding hydrogens is 228 g/mol. The molecule has 1 aromatic heterocycles. The van der Waals surface area contributed by atoms with E-state index in [-0.39, 0.29) is 5.78 Å². The molecule has 18 heavy (non-hydrogen) atoms. The Morgan fingerprint density at radius 3 is 2.61 bits per heavy atom. The first-order chi connectivity index (χ1) is 8.77. The lowest BCUT2D eigenvalue weighted by molar-refractivity contribution is 0.0983. The van der Waals surface area contributed by atoms with E-state index in [0.29, 0.717) is 24.5 Å². The lowest BCUT2D eigenvalue weighted by Gasteiger charge is -2.05. The average Bonchev–Trinajstić information content (AvgIpc) is 2.45. The quantitative estimate of drug-likeness (QED) is 0.599. The van der Waals surface area contributed by atoms with Gasteiger partial charge in [0.25, 0.3) is 0 Å². The number of ketones is 1. The van der Waals surface area contributed by atoms with Crippen LogP contribution in [0.2, 0.25) is 0 Å². The van der Waals surface area contributed by atoms with E-state index in [1.807, 2.05) is 27.8 Å². The topological polar surface area (TPSA) is 51.2 Å². The molecule has 1 N–H and O–H groups in total. The van der Waals surface area contributed by atoms with Crippen molar-refractivity contribution >= 4 is 5.78 Å². The highest BCUT2D eigenvalue weighted by Crippen LogP contribution is 2.10. The van der Waals surface area contributed by atoms with E-state index in [1.54, 1.807) is 18.3 Å². The number of carbonyl (C=O) groups excluding carboxylic acids is 1. The molecule has 4 nitrogen and oxygen atoms in total. The number of carbonyl (C=O) groups is 1. The lowest BCUT2D eigenvalue weighted by Crippen LogP contribution is -2.11. The third kappa shape index (κ3) is 6.35. The van der Waals surface area contributed by atoms with Crippen LogP contribution in [-0.4, -0.2) is 31.0 Å². The Bertz CT molecular complexity index is 323. The van der Waals surface area contributed by atoms with Crippen molar-refractivity contribution in [1.82, 2.24) is 10.3 Å². The maximum Gasteiger partial charge on any atom is 0.180 e. The Labute approximate surface area is 110 Å². The molecular formula is C14H24N2O2. The molecule has 0 fully saturated rings. The maximum atomic E-state index is 11.3. The van der Waals surface area contributed by atoms with Crippen molar-refractivity contribution in [3.63, 3.8) is 0 Å². The SMILES string of the molecule is CC.CCC(=O)c1ccc(OCCCNC)cn1. The van der Waals surface area contributed by atoms with Gasteiger partial charge in [-0.25, -0.2) is 4.98 Å². The maximum absolute atomic E-state index is 11.3. The zero-order valence-electron chi connectivity index (χ0n) is 11.8. The smallest absolute Gasteiger partial charge is 0.180 e. The summed E-state index contributed by atoms with van der Waals surface area (Å²) in [5.74, 6) is 0.769. The van der Waals surface area contributed by atoms with Gasteiger partial charge >= 0.3 is 0 Å². The normalized spacial score (nSPS) is 9.33. The van der Waals surface area contributed by atoms with E-state index >= 15 is 0 Å². The third-order valence-corrected chi connectivity index (χ3v) is 2.18. The molecule has 0 aliphatic rings. The van der Waals surface area contributed by atoms with Gasteiger partial charge in [0.1, 0.15) is 11.4 Å². The molecule has 0 spiro atoms. The summed E-state index contributed by atoms with van der Waals surface area (Å²) in [5, 5.41) is 3.05. The summed E-state index contributed by atoms with van der Waals surface area (Å²) in [6.07, 6.45) is 3.03. The standard InChI is InChI=1S/C12H18N2O2.C2H6/c1-3-12(15)11-6-5-10(9-14-11)16-8-4-7-13-2;1-2/h5-6,9,13H,3-4,7-8H2,1-2H3;1-2H3. The Morgan fingerprint density at radius 2 is 2.11 bits per heavy atom. The molecule has 1 rings (SSSR count).